The number of amides is 1. The summed E-state index contributed by atoms with van der Waals surface area (Å²) in [5.41, 5.74) is -1.00. The molecule has 1 N–H and O–H groups in total. The van der Waals surface area contributed by atoms with Crippen molar-refractivity contribution in [2.45, 2.75) is 44.2 Å². The minimum absolute atomic E-state index is 0.106. The molecule has 2 fully saturated rings. The van der Waals surface area contributed by atoms with Crippen LogP contribution in [-0.2, 0) is 9.59 Å². The van der Waals surface area contributed by atoms with Crippen LogP contribution in [0.1, 0.15) is 32.6 Å². The number of carboxylic acid groups (broad SMARTS) is 1. The van der Waals surface area contributed by atoms with Gasteiger partial charge < -0.3 is 14.9 Å². The molecule has 1 amide bonds. The van der Waals surface area contributed by atoms with E-state index in [4.69, 9.17) is 0 Å². The van der Waals surface area contributed by atoms with Gasteiger partial charge in [-0.25, -0.2) is 4.79 Å². The summed E-state index contributed by atoms with van der Waals surface area (Å²) in [5, 5.41) is 9.58. The molecule has 17 heavy (non-hydrogen) atoms. The Morgan fingerprint density at radius 3 is 2.47 bits per heavy atom. The highest BCUT2D eigenvalue weighted by Crippen LogP contribution is 2.37. The van der Waals surface area contributed by atoms with Crippen LogP contribution in [0.5, 0.6) is 0 Å². The minimum Gasteiger partial charge on any atom is -0.479 e. The number of hydrogen-bond donors (Lipinski definition) is 1. The van der Waals surface area contributed by atoms with Gasteiger partial charge in [0.15, 0.2) is 5.54 Å². The van der Waals surface area contributed by atoms with E-state index in [0.29, 0.717) is 13.0 Å². The van der Waals surface area contributed by atoms with E-state index >= 15 is 0 Å². The molecule has 1 heterocycles. The number of carbonyl (C=O) groups excluding carboxylic acids is 1. The first-order valence-corrected chi connectivity index (χ1v) is 6.19. The fourth-order valence-corrected chi connectivity index (χ4v) is 2.96. The van der Waals surface area contributed by atoms with Crippen LogP contribution < -0.4 is 0 Å². The summed E-state index contributed by atoms with van der Waals surface area (Å²) in [6.07, 6.45) is 3.29. The molecule has 0 aromatic rings. The van der Waals surface area contributed by atoms with Gasteiger partial charge in [-0.05, 0) is 39.3 Å². The van der Waals surface area contributed by atoms with Crippen molar-refractivity contribution in [2.24, 2.45) is 0 Å². The lowest BCUT2D eigenvalue weighted by atomic mass is 9.87. The van der Waals surface area contributed by atoms with E-state index in [-0.39, 0.29) is 11.9 Å². The maximum Gasteiger partial charge on any atom is 0.330 e. The highest BCUT2D eigenvalue weighted by atomic mass is 16.4. The molecular formula is C12H20N2O3. The normalized spacial score (nSPS) is 30.0. The van der Waals surface area contributed by atoms with E-state index in [9.17, 15) is 14.7 Å². The summed E-state index contributed by atoms with van der Waals surface area (Å²) in [6, 6.07) is 0.148. The largest absolute Gasteiger partial charge is 0.479 e. The maximum atomic E-state index is 11.8. The molecule has 1 unspecified atom stereocenters. The predicted molar refractivity (Wildman–Crippen MR) is 62.6 cm³/mol. The maximum absolute atomic E-state index is 11.8. The number of piperidine rings is 1. The molecule has 1 aliphatic carbocycles. The van der Waals surface area contributed by atoms with Gasteiger partial charge in [-0.1, -0.05) is 0 Å². The second-order valence-electron chi connectivity index (χ2n) is 5.30. The van der Waals surface area contributed by atoms with E-state index in [2.05, 4.69) is 0 Å². The number of carbonyl (C=O) groups is 2. The second kappa shape index (κ2) is 4.29. The number of likely N-dealkylation sites (N-methyl/N-ethyl adjacent to an activating group) is 1. The van der Waals surface area contributed by atoms with Crippen molar-refractivity contribution >= 4 is 11.9 Å². The van der Waals surface area contributed by atoms with Crippen molar-refractivity contribution in [3.05, 3.63) is 0 Å². The Morgan fingerprint density at radius 2 is 2.06 bits per heavy atom. The van der Waals surface area contributed by atoms with Crippen LogP contribution in [0.15, 0.2) is 0 Å². The summed E-state index contributed by atoms with van der Waals surface area (Å²) in [4.78, 5) is 27.1. The monoisotopic (exact) mass is 240 g/mol. The van der Waals surface area contributed by atoms with E-state index < -0.39 is 11.5 Å². The quantitative estimate of drug-likeness (QED) is 0.782. The zero-order chi connectivity index (χ0) is 12.6. The average Bonchev–Trinajstić information content (AvgIpc) is 3.01. The molecule has 0 bridgehead atoms. The average molecular weight is 240 g/mol. The zero-order valence-electron chi connectivity index (χ0n) is 10.5. The van der Waals surface area contributed by atoms with Gasteiger partial charge in [0.2, 0.25) is 5.91 Å². The third-order valence-corrected chi connectivity index (χ3v) is 3.77. The molecule has 0 aromatic carbocycles. The molecule has 0 spiro atoms. The van der Waals surface area contributed by atoms with Gasteiger partial charge in [-0.3, -0.25) is 4.79 Å². The van der Waals surface area contributed by atoms with Gasteiger partial charge >= 0.3 is 5.97 Å². The van der Waals surface area contributed by atoms with E-state index in [0.717, 1.165) is 25.8 Å². The fourth-order valence-electron chi connectivity index (χ4n) is 2.96. The van der Waals surface area contributed by atoms with E-state index in [1.165, 1.54) is 6.92 Å². The summed E-state index contributed by atoms with van der Waals surface area (Å²) >= 11 is 0. The first kappa shape index (κ1) is 12.4. The third kappa shape index (κ3) is 2.16. The Balaban J connectivity index is 2.31. The number of nitrogens with zero attached hydrogens (tertiary/aromatic N) is 2. The summed E-state index contributed by atoms with van der Waals surface area (Å²) in [5.74, 6) is -0.962. The molecule has 1 saturated heterocycles. The van der Waals surface area contributed by atoms with Crippen LogP contribution in [-0.4, -0.2) is 58.5 Å². The molecule has 5 heteroatoms. The van der Waals surface area contributed by atoms with Gasteiger partial charge in [0.1, 0.15) is 0 Å². The molecule has 2 aliphatic rings. The number of aliphatic carboxylic acids is 1. The molecule has 1 atom stereocenters. The molecule has 0 aromatic heterocycles. The van der Waals surface area contributed by atoms with Gasteiger partial charge in [0.25, 0.3) is 0 Å². The van der Waals surface area contributed by atoms with Gasteiger partial charge in [0.05, 0.1) is 0 Å². The van der Waals surface area contributed by atoms with Gasteiger partial charge in [-0.2, -0.15) is 0 Å². The van der Waals surface area contributed by atoms with Gasteiger partial charge in [-0.15, -0.1) is 0 Å². The summed E-state index contributed by atoms with van der Waals surface area (Å²) in [6.45, 7) is 2.83. The predicted octanol–water partition coefficient (Wildman–Crippen LogP) is 0.546. The molecule has 96 valence electrons. The van der Waals surface area contributed by atoms with Crippen molar-refractivity contribution in [3.8, 4) is 0 Å². The first-order valence-electron chi connectivity index (χ1n) is 6.19. The Bertz CT molecular complexity index is 341. The summed E-state index contributed by atoms with van der Waals surface area (Å²) < 4.78 is 0. The first-order chi connectivity index (χ1) is 7.97. The third-order valence-electron chi connectivity index (χ3n) is 3.77. The van der Waals surface area contributed by atoms with Crippen LogP contribution in [0, 0.1) is 0 Å². The highest BCUT2D eigenvalue weighted by Gasteiger charge is 2.52. The smallest absolute Gasteiger partial charge is 0.330 e. The number of likely N-dealkylation sites (tertiary alicyclic amines) is 1. The lowest BCUT2D eigenvalue weighted by Gasteiger charge is -2.45. The molecule has 5 nitrogen and oxygen atoms in total. The van der Waals surface area contributed by atoms with Crippen LogP contribution in [0.4, 0.5) is 0 Å². The molecule has 1 saturated carbocycles. The second-order valence-corrected chi connectivity index (χ2v) is 5.30. The van der Waals surface area contributed by atoms with Crippen LogP contribution >= 0.6 is 0 Å². The highest BCUT2D eigenvalue weighted by molar-refractivity contribution is 5.87. The van der Waals surface area contributed by atoms with E-state index in [1.54, 1.807) is 4.90 Å². The zero-order valence-corrected chi connectivity index (χ0v) is 10.5. The van der Waals surface area contributed by atoms with Crippen LogP contribution in [0.2, 0.25) is 0 Å². The molecular weight excluding hydrogens is 220 g/mol. The molecule has 2 rings (SSSR count). The van der Waals surface area contributed by atoms with E-state index in [1.807, 2.05) is 11.9 Å². The van der Waals surface area contributed by atoms with Crippen molar-refractivity contribution in [2.75, 3.05) is 20.1 Å². The Labute approximate surface area is 101 Å². The Hall–Kier alpha value is -1.10. The van der Waals surface area contributed by atoms with Crippen LogP contribution in [0.3, 0.4) is 0 Å². The lowest BCUT2D eigenvalue weighted by molar-refractivity contribution is -0.163. The SMILES string of the molecule is CC(=O)N(C1CC1)C1(C(=O)O)CCCN(C)C1. The number of rotatable bonds is 3. The fraction of sp³-hybridized carbons (Fsp3) is 0.833. The minimum atomic E-state index is -1.00. The number of hydrogen-bond acceptors (Lipinski definition) is 3. The summed E-state index contributed by atoms with van der Waals surface area (Å²) in [7, 11) is 1.92. The Morgan fingerprint density at radius 1 is 1.41 bits per heavy atom. The van der Waals surface area contributed by atoms with Crippen molar-refractivity contribution in [3.63, 3.8) is 0 Å². The van der Waals surface area contributed by atoms with Crippen molar-refractivity contribution < 1.29 is 14.7 Å². The molecule has 0 radical (unpaired) electrons. The van der Waals surface area contributed by atoms with Crippen LogP contribution in [0.25, 0.3) is 0 Å². The lowest BCUT2D eigenvalue weighted by Crippen LogP contribution is -2.64. The molecule has 1 aliphatic heterocycles. The van der Waals surface area contributed by atoms with Gasteiger partial charge in [0, 0.05) is 19.5 Å². The topological polar surface area (TPSA) is 60.9 Å². The standard InChI is InChI=1S/C12H20N2O3/c1-9(15)14(10-4-5-10)12(11(16)17)6-3-7-13(2)8-12/h10H,3-8H2,1-2H3,(H,16,17). The number of carboxylic acids is 1. The van der Waals surface area contributed by atoms with Crippen molar-refractivity contribution in [1.82, 2.24) is 9.80 Å². The Kier molecular flexibility index (Phi) is 3.12. The van der Waals surface area contributed by atoms with Crippen molar-refractivity contribution in [1.29, 1.82) is 0 Å².